The van der Waals surface area contributed by atoms with Crippen molar-refractivity contribution in [3.63, 3.8) is 0 Å². The molecule has 0 aliphatic carbocycles. The van der Waals surface area contributed by atoms with E-state index in [2.05, 4.69) is 27.3 Å². The molecule has 0 unspecified atom stereocenters. The van der Waals surface area contributed by atoms with Gasteiger partial charge in [0.05, 0.1) is 18.7 Å². The molecule has 208 valence electrons. The number of carbonyl (C=O) groups is 2. The molecule has 0 saturated carbocycles. The smallest absolute Gasteiger partial charge is 0.414 e. The van der Waals surface area contributed by atoms with Gasteiger partial charge in [-0.25, -0.2) is 9.59 Å². The maximum Gasteiger partial charge on any atom is 0.414 e. The average Bonchev–Trinajstić information content (AvgIpc) is 2.96. The van der Waals surface area contributed by atoms with E-state index in [9.17, 15) is 5.11 Å². The first-order valence-corrected chi connectivity index (χ1v) is 12.7. The first kappa shape index (κ1) is 28.1. The summed E-state index contributed by atoms with van der Waals surface area (Å²) < 4.78 is 16.7. The van der Waals surface area contributed by atoms with E-state index in [0.29, 0.717) is 25.8 Å². The lowest BCUT2D eigenvalue weighted by Gasteiger charge is -2.34. The molecule has 3 aromatic rings. The monoisotopic (exact) mass is 539 g/mol. The molecule has 11 nitrogen and oxygen atoms in total. The van der Waals surface area contributed by atoms with Gasteiger partial charge in [0.2, 0.25) is 0 Å². The standard InChI is InChI=1S/C26H31N3O4.C2H2O4/c1-31-20-3-4-23-22(15-20)21(6-9-27-23)24(30)17-29-10-7-19(8-11-29)28-16-18-2-5-25-26(14-18)33-13-12-32-25;3-1(4)2(5)6/h2-6,9,14-15,19,24,28,30H,7-8,10-13,16-17H2,1H3;(H,3,4)(H,5,6)/t24-;/m0./s1. The van der Waals surface area contributed by atoms with Gasteiger partial charge in [0.25, 0.3) is 0 Å². The van der Waals surface area contributed by atoms with Gasteiger partial charge in [-0.15, -0.1) is 0 Å². The van der Waals surface area contributed by atoms with Gasteiger partial charge in [0.15, 0.2) is 11.5 Å². The number of benzene rings is 2. The fourth-order valence-electron chi connectivity index (χ4n) is 4.69. The molecule has 1 saturated heterocycles. The predicted octanol–water partition coefficient (Wildman–Crippen LogP) is 2.46. The average molecular weight is 540 g/mol. The number of aromatic nitrogens is 1. The van der Waals surface area contributed by atoms with Crippen molar-refractivity contribution in [2.75, 3.05) is 40.0 Å². The number of aliphatic hydroxyl groups excluding tert-OH is 1. The van der Waals surface area contributed by atoms with Gasteiger partial charge in [0, 0.05) is 30.7 Å². The molecule has 5 rings (SSSR count). The molecule has 1 fully saturated rings. The molecular formula is C28H33N3O8. The number of piperidine rings is 1. The maximum atomic E-state index is 11.0. The van der Waals surface area contributed by atoms with E-state index >= 15 is 0 Å². The Bertz CT molecular complexity index is 1280. The summed E-state index contributed by atoms with van der Waals surface area (Å²) in [6, 6.07) is 14.3. The molecule has 0 spiro atoms. The van der Waals surface area contributed by atoms with Crippen molar-refractivity contribution in [3.8, 4) is 17.2 Å². The Morgan fingerprint density at radius 2 is 1.77 bits per heavy atom. The predicted molar refractivity (Wildman–Crippen MR) is 142 cm³/mol. The highest BCUT2D eigenvalue weighted by atomic mass is 16.6. The lowest BCUT2D eigenvalue weighted by molar-refractivity contribution is -0.159. The molecule has 0 radical (unpaired) electrons. The summed E-state index contributed by atoms with van der Waals surface area (Å²) in [4.78, 5) is 25.0. The highest BCUT2D eigenvalue weighted by Gasteiger charge is 2.23. The Morgan fingerprint density at radius 3 is 2.46 bits per heavy atom. The minimum atomic E-state index is -1.82. The van der Waals surface area contributed by atoms with Crippen molar-refractivity contribution in [2.45, 2.75) is 31.5 Å². The van der Waals surface area contributed by atoms with Crippen LogP contribution in [0, 0.1) is 0 Å². The van der Waals surface area contributed by atoms with Crippen LogP contribution in [0.2, 0.25) is 0 Å². The zero-order valence-electron chi connectivity index (χ0n) is 21.7. The van der Waals surface area contributed by atoms with Crippen LogP contribution in [-0.2, 0) is 16.1 Å². The number of hydrogen-bond acceptors (Lipinski definition) is 9. The second-order valence-corrected chi connectivity index (χ2v) is 9.34. The molecule has 0 bridgehead atoms. The van der Waals surface area contributed by atoms with Gasteiger partial charge >= 0.3 is 11.9 Å². The number of likely N-dealkylation sites (tertiary alicyclic amines) is 1. The van der Waals surface area contributed by atoms with Crippen molar-refractivity contribution >= 4 is 22.8 Å². The van der Waals surface area contributed by atoms with Crippen LogP contribution in [0.4, 0.5) is 0 Å². The van der Waals surface area contributed by atoms with E-state index in [1.54, 1.807) is 13.3 Å². The fraction of sp³-hybridized carbons (Fsp3) is 0.393. The zero-order valence-corrected chi connectivity index (χ0v) is 21.7. The van der Waals surface area contributed by atoms with Crippen molar-refractivity contribution in [1.82, 2.24) is 15.2 Å². The summed E-state index contributed by atoms with van der Waals surface area (Å²) >= 11 is 0. The van der Waals surface area contributed by atoms with Crippen molar-refractivity contribution in [1.29, 1.82) is 0 Å². The normalized spacial score (nSPS) is 16.2. The third-order valence-electron chi connectivity index (χ3n) is 6.74. The number of methoxy groups -OCH3 is 1. The van der Waals surface area contributed by atoms with Crippen LogP contribution in [0.5, 0.6) is 17.2 Å². The van der Waals surface area contributed by atoms with E-state index in [1.165, 1.54) is 5.56 Å². The van der Waals surface area contributed by atoms with Crippen LogP contribution in [-0.4, -0.2) is 83.1 Å². The molecule has 11 heteroatoms. The molecule has 4 N–H and O–H groups in total. The Balaban J connectivity index is 0.000000531. The highest BCUT2D eigenvalue weighted by Crippen LogP contribution is 2.31. The molecule has 2 aliphatic heterocycles. The van der Waals surface area contributed by atoms with Crippen LogP contribution in [0.3, 0.4) is 0 Å². The van der Waals surface area contributed by atoms with E-state index in [-0.39, 0.29) is 0 Å². The number of aliphatic carboxylic acids is 2. The number of nitrogens with one attached hydrogen (secondary N) is 1. The fourth-order valence-corrected chi connectivity index (χ4v) is 4.69. The van der Waals surface area contributed by atoms with Crippen LogP contribution < -0.4 is 19.5 Å². The van der Waals surface area contributed by atoms with Crippen molar-refractivity contribution in [3.05, 3.63) is 59.8 Å². The van der Waals surface area contributed by atoms with Gasteiger partial charge in [-0.1, -0.05) is 6.07 Å². The summed E-state index contributed by atoms with van der Waals surface area (Å²) in [5.41, 5.74) is 2.98. The number of hydrogen-bond donors (Lipinski definition) is 4. The lowest BCUT2D eigenvalue weighted by Crippen LogP contribution is -2.43. The minimum absolute atomic E-state index is 0.470. The van der Waals surface area contributed by atoms with E-state index in [1.807, 2.05) is 30.3 Å². The molecular weight excluding hydrogens is 506 g/mol. The Hall–Kier alpha value is -3.93. The lowest BCUT2D eigenvalue weighted by atomic mass is 10.0. The largest absolute Gasteiger partial charge is 0.497 e. The quantitative estimate of drug-likeness (QED) is 0.328. The molecule has 39 heavy (non-hydrogen) atoms. The minimum Gasteiger partial charge on any atom is -0.497 e. The second-order valence-electron chi connectivity index (χ2n) is 9.34. The van der Waals surface area contributed by atoms with Gasteiger partial charge < -0.3 is 39.7 Å². The molecule has 2 aliphatic rings. The molecule has 3 heterocycles. The summed E-state index contributed by atoms with van der Waals surface area (Å²) in [7, 11) is 1.65. The van der Waals surface area contributed by atoms with Gasteiger partial charge in [-0.3, -0.25) is 4.98 Å². The van der Waals surface area contributed by atoms with Gasteiger partial charge in [-0.05, 0) is 73.5 Å². The maximum absolute atomic E-state index is 11.0. The number of aliphatic hydroxyl groups is 1. The number of nitrogens with zero attached hydrogens (tertiary/aromatic N) is 2. The van der Waals surface area contributed by atoms with Gasteiger partial charge in [0.1, 0.15) is 19.0 Å². The Morgan fingerprint density at radius 1 is 1.05 bits per heavy atom. The third kappa shape index (κ3) is 7.56. The first-order chi connectivity index (χ1) is 18.8. The first-order valence-electron chi connectivity index (χ1n) is 12.7. The summed E-state index contributed by atoms with van der Waals surface area (Å²) in [6.45, 7) is 4.57. The molecule has 1 atom stereocenters. The number of β-amino-alcohol motifs (C(OH)–C–C–N with tert-alkyl or cyclic N) is 1. The summed E-state index contributed by atoms with van der Waals surface area (Å²) in [5.74, 6) is -1.21. The SMILES string of the molecule is COc1ccc2nccc([C@@H](O)CN3CCC(NCc4ccc5c(c4)OCCO5)CC3)c2c1.O=C(O)C(=O)O. The van der Waals surface area contributed by atoms with Crippen LogP contribution in [0.1, 0.15) is 30.1 Å². The number of carboxylic acids is 2. The van der Waals surface area contributed by atoms with Crippen LogP contribution in [0.25, 0.3) is 10.9 Å². The zero-order chi connectivity index (χ0) is 27.8. The third-order valence-corrected chi connectivity index (χ3v) is 6.74. The van der Waals surface area contributed by atoms with Crippen LogP contribution in [0.15, 0.2) is 48.7 Å². The number of ether oxygens (including phenoxy) is 3. The molecule has 1 aromatic heterocycles. The van der Waals surface area contributed by atoms with E-state index < -0.39 is 18.0 Å². The van der Waals surface area contributed by atoms with Crippen molar-refractivity contribution < 1.29 is 39.1 Å². The summed E-state index contributed by atoms with van der Waals surface area (Å²) in [6.07, 6.45) is 3.32. The van der Waals surface area contributed by atoms with Gasteiger partial charge in [-0.2, -0.15) is 0 Å². The van der Waals surface area contributed by atoms with E-state index in [0.717, 1.165) is 66.2 Å². The Labute approximate surface area is 225 Å². The molecule has 2 aromatic carbocycles. The number of pyridine rings is 1. The number of fused-ring (bicyclic) bond motifs is 2. The highest BCUT2D eigenvalue weighted by molar-refractivity contribution is 6.27. The number of carboxylic acid groups (broad SMARTS) is 2. The van der Waals surface area contributed by atoms with E-state index in [4.69, 9.17) is 34.0 Å². The Kier molecular flexibility index (Phi) is 9.53. The van der Waals surface area contributed by atoms with Crippen molar-refractivity contribution in [2.24, 2.45) is 0 Å². The topological polar surface area (TPSA) is 151 Å². The molecule has 0 amide bonds. The second kappa shape index (κ2) is 13.2. The van der Waals surface area contributed by atoms with Crippen LogP contribution >= 0.6 is 0 Å². The summed E-state index contributed by atoms with van der Waals surface area (Å²) in [5, 5.41) is 30.4. The number of rotatable bonds is 7.